The van der Waals surface area contributed by atoms with Crippen molar-refractivity contribution < 1.29 is 8.42 Å². The normalized spacial score (nSPS) is 12.0. The standard InChI is InChI=1S/C12H11Br3N2O2S2/c1-17(5-9-2-8(14)6-20-9)21(18,19)12-10(15)3-7(13)4-11(12)16/h2-4,6H,5,16H2,1H3. The number of anilines is 1. The lowest BCUT2D eigenvalue weighted by atomic mass is 10.3. The molecule has 21 heavy (non-hydrogen) atoms. The molecule has 1 aromatic carbocycles. The Balaban J connectivity index is 2.38. The molecule has 0 saturated carbocycles. The van der Waals surface area contributed by atoms with Gasteiger partial charge < -0.3 is 5.73 Å². The van der Waals surface area contributed by atoms with Crippen LogP contribution < -0.4 is 5.73 Å². The van der Waals surface area contributed by atoms with Crippen LogP contribution in [0.15, 0.2) is 41.9 Å². The molecule has 0 amide bonds. The van der Waals surface area contributed by atoms with E-state index in [9.17, 15) is 8.42 Å². The van der Waals surface area contributed by atoms with Gasteiger partial charge in [-0.1, -0.05) is 15.9 Å². The van der Waals surface area contributed by atoms with Crippen LogP contribution in [0.4, 0.5) is 5.69 Å². The van der Waals surface area contributed by atoms with Gasteiger partial charge in [0.2, 0.25) is 10.0 Å². The summed E-state index contributed by atoms with van der Waals surface area (Å²) in [5.74, 6) is 0. The molecule has 0 atom stereocenters. The van der Waals surface area contributed by atoms with Gasteiger partial charge in [0.1, 0.15) is 4.90 Å². The molecule has 2 rings (SSSR count). The van der Waals surface area contributed by atoms with Crippen LogP contribution in [0.2, 0.25) is 0 Å². The molecule has 0 bridgehead atoms. The minimum Gasteiger partial charge on any atom is -0.398 e. The Morgan fingerprint density at radius 1 is 1.19 bits per heavy atom. The third-order valence-electron chi connectivity index (χ3n) is 2.71. The van der Waals surface area contributed by atoms with E-state index in [4.69, 9.17) is 5.73 Å². The van der Waals surface area contributed by atoms with Crippen LogP contribution in [0, 0.1) is 0 Å². The first-order valence-electron chi connectivity index (χ1n) is 5.65. The zero-order valence-corrected chi connectivity index (χ0v) is 17.2. The topological polar surface area (TPSA) is 63.4 Å². The molecule has 0 spiro atoms. The minimum absolute atomic E-state index is 0.0869. The molecule has 1 heterocycles. The second-order valence-corrected chi connectivity index (χ2v) is 9.96. The lowest BCUT2D eigenvalue weighted by molar-refractivity contribution is 0.469. The molecule has 2 aromatic rings. The summed E-state index contributed by atoms with van der Waals surface area (Å²) in [4.78, 5) is 1.03. The van der Waals surface area contributed by atoms with Gasteiger partial charge in [-0.05, 0) is 50.1 Å². The van der Waals surface area contributed by atoms with E-state index in [2.05, 4.69) is 47.8 Å². The smallest absolute Gasteiger partial charge is 0.246 e. The third kappa shape index (κ3) is 3.89. The van der Waals surface area contributed by atoms with Gasteiger partial charge in [0.05, 0.1) is 5.69 Å². The monoisotopic (exact) mass is 516 g/mol. The lowest BCUT2D eigenvalue weighted by Crippen LogP contribution is -2.27. The molecule has 4 nitrogen and oxygen atoms in total. The Morgan fingerprint density at radius 2 is 1.86 bits per heavy atom. The number of rotatable bonds is 4. The molecule has 0 radical (unpaired) electrons. The fourth-order valence-electron chi connectivity index (χ4n) is 1.75. The second kappa shape index (κ2) is 6.67. The van der Waals surface area contributed by atoms with E-state index < -0.39 is 10.0 Å². The largest absolute Gasteiger partial charge is 0.398 e. The number of benzene rings is 1. The van der Waals surface area contributed by atoms with E-state index in [0.29, 0.717) is 11.0 Å². The highest BCUT2D eigenvalue weighted by atomic mass is 79.9. The van der Waals surface area contributed by atoms with E-state index >= 15 is 0 Å². The highest BCUT2D eigenvalue weighted by Crippen LogP contribution is 2.34. The van der Waals surface area contributed by atoms with Crippen LogP contribution in [-0.4, -0.2) is 19.8 Å². The highest BCUT2D eigenvalue weighted by molar-refractivity contribution is 9.11. The lowest BCUT2D eigenvalue weighted by Gasteiger charge is -2.19. The van der Waals surface area contributed by atoms with E-state index in [1.165, 1.54) is 22.7 Å². The number of nitrogen functional groups attached to an aromatic ring is 1. The van der Waals surface area contributed by atoms with Crippen LogP contribution >= 0.6 is 59.1 Å². The second-order valence-electron chi connectivity index (χ2n) is 4.30. The Hall–Kier alpha value is 0.0700. The van der Waals surface area contributed by atoms with Crippen molar-refractivity contribution in [2.24, 2.45) is 0 Å². The average molecular weight is 519 g/mol. The van der Waals surface area contributed by atoms with Crippen molar-refractivity contribution in [3.8, 4) is 0 Å². The maximum absolute atomic E-state index is 12.7. The summed E-state index contributed by atoms with van der Waals surface area (Å²) in [6, 6.07) is 5.14. The highest BCUT2D eigenvalue weighted by Gasteiger charge is 2.26. The Kier molecular flexibility index (Phi) is 5.54. The molecule has 0 unspecified atom stereocenters. The van der Waals surface area contributed by atoms with E-state index in [0.717, 1.165) is 13.8 Å². The summed E-state index contributed by atoms with van der Waals surface area (Å²) in [7, 11) is -2.14. The number of sulfonamides is 1. The third-order valence-corrected chi connectivity index (χ3v) is 7.65. The summed E-state index contributed by atoms with van der Waals surface area (Å²) in [5.41, 5.74) is 6.08. The summed E-state index contributed by atoms with van der Waals surface area (Å²) < 4.78 is 28.8. The van der Waals surface area contributed by atoms with Gasteiger partial charge in [-0.3, -0.25) is 0 Å². The average Bonchev–Trinajstić information content (AvgIpc) is 2.72. The fourth-order valence-corrected chi connectivity index (χ4v) is 6.49. The van der Waals surface area contributed by atoms with Crippen LogP contribution in [0.1, 0.15) is 4.88 Å². The van der Waals surface area contributed by atoms with Crippen molar-refractivity contribution in [2.45, 2.75) is 11.4 Å². The quantitative estimate of drug-likeness (QED) is 0.609. The molecule has 0 saturated heterocycles. The van der Waals surface area contributed by atoms with Crippen LogP contribution in [0.3, 0.4) is 0 Å². The van der Waals surface area contributed by atoms with Gasteiger partial charge in [-0.25, -0.2) is 8.42 Å². The van der Waals surface area contributed by atoms with Crippen molar-refractivity contribution in [2.75, 3.05) is 12.8 Å². The number of nitrogens with zero attached hydrogens (tertiary/aromatic N) is 1. The molecule has 9 heteroatoms. The van der Waals surface area contributed by atoms with E-state index in [1.807, 2.05) is 11.4 Å². The maximum Gasteiger partial charge on any atom is 0.246 e. The summed E-state index contributed by atoms with van der Waals surface area (Å²) in [5, 5.41) is 1.92. The fraction of sp³-hybridized carbons (Fsp3) is 0.167. The van der Waals surface area contributed by atoms with Crippen molar-refractivity contribution in [1.82, 2.24) is 4.31 Å². The predicted molar refractivity (Wildman–Crippen MR) is 96.9 cm³/mol. The zero-order chi connectivity index (χ0) is 15.8. The first kappa shape index (κ1) is 17.4. The predicted octanol–water partition coefficient (Wildman–Crippen LogP) is 4.44. The molecule has 0 aliphatic rings. The Morgan fingerprint density at radius 3 is 2.38 bits per heavy atom. The van der Waals surface area contributed by atoms with Crippen molar-refractivity contribution >= 4 is 74.8 Å². The van der Waals surface area contributed by atoms with Crippen LogP contribution in [-0.2, 0) is 16.6 Å². The van der Waals surface area contributed by atoms with Gasteiger partial charge in [0, 0.05) is 37.3 Å². The van der Waals surface area contributed by atoms with Gasteiger partial charge in [-0.15, -0.1) is 11.3 Å². The Labute approximate surface area is 152 Å². The molecule has 1 aromatic heterocycles. The molecule has 0 fully saturated rings. The van der Waals surface area contributed by atoms with Crippen LogP contribution in [0.5, 0.6) is 0 Å². The first-order chi connectivity index (χ1) is 9.71. The summed E-state index contributed by atoms with van der Waals surface area (Å²) >= 11 is 11.4. The molecule has 114 valence electrons. The summed E-state index contributed by atoms with van der Waals surface area (Å²) in [6.45, 7) is 0.292. The Bertz CT molecular complexity index is 752. The first-order valence-corrected chi connectivity index (χ1v) is 10.4. The molecule has 0 aliphatic carbocycles. The molecule has 2 N–H and O–H groups in total. The van der Waals surface area contributed by atoms with E-state index in [1.54, 1.807) is 12.1 Å². The molecular weight excluding hydrogens is 508 g/mol. The van der Waals surface area contributed by atoms with Gasteiger partial charge >= 0.3 is 0 Å². The number of halogens is 3. The minimum atomic E-state index is -3.67. The number of hydrogen-bond acceptors (Lipinski definition) is 4. The molecule has 0 aliphatic heterocycles. The number of hydrogen-bond donors (Lipinski definition) is 1. The number of thiophene rings is 1. The maximum atomic E-state index is 12.7. The SMILES string of the molecule is CN(Cc1cc(Br)cs1)S(=O)(=O)c1c(N)cc(Br)cc1Br. The van der Waals surface area contributed by atoms with Gasteiger partial charge in [0.15, 0.2) is 0 Å². The number of nitrogens with two attached hydrogens (primary N) is 1. The van der Waals surface area contributed by atoms with Crippen molar-refractivity contribution in [3.05, 3.63) is 41.9 Å². The zero-order valence-electron chi connectivity index (χ0n) is 10.8. The van der Waals surface area contributed by atoms with Crippen LogP contribution in [0.25, 0.3) is 0 Å². The van der Waals surface area contributed by atoms with E-state index in [-0.39, 0.29) is 10.6 Å². The molecular formula is C12H11Br3N2O2S2. The van der Waals surface area contributed by atoms with Gasteiger partial charge in [0.25, 0.3) is 0 Å². The van der Waals surface area contributed by atoms with Crippen molar-refractivity contribution in [1.29, 1.82) is 0 Å². The van der Waals surface area contributed by atoms with Gasteiger partial charge in [-0.2, -0.15) is 4.31 Å². The van der Waals surface area contributed by atoms with Crippen molar-refractivity contribution in [3.63, 3.8) is 0 Å². The summed E-state index contributed by atoms with van der Waals surface area (Å²) in [6.07, 6.45) is 0.